The molecule has 0 amide bonds. The summed E-state index contributed by atoms with van der Waals surface area (Å²) in [5.74, 6) is 0.819. The molecule has 0 aliphatic carbocycles. The van der Waals surface area contributed by atoms with Crippen LogP contribution in [0.15, 0.2) is 34.1 Å². The lowest BCUT2D eigenvalue weighted by Gasteiger charge is -2.08. The molecule has 1 aromatic heterocycles. The molecule has 1 heterocycles. The lowest BCUT2D eigenvalue weighted by Crippen LogP contribution is -1.97. The Hall–Kier alpha value is -0.710. The highest BCUT2D eigenvalue weighted by atomic mass is 79.9. The second kappa shape index (κ2) is 5.76. The lowest BCUT2D eigenvalue weighted by atomic mass is 10.3. The first kappa shape index (κ1) is 12.7. The van der Waals surface area contributed by atoms with Gasteiger partial charge in [-0.05, 0) is 34.1 Å². The molecule has 0 radical (unpaired) electrons. The summed E-state index contributed by atoms with van der Waals surface area (Å²) >= 11 is 10.9. The number of ether oxygens (including phenoxy) is 1. The molecule has 0 spiro atoms. The second-order valence-corrected chi connectivity index (χ2v) is 5.72. The third-order valence-corrected chi connectivity index (χ3v) is 4.18. The van der Waals surface area contributed by atoms with Gasteiger partial charge in [0, 0.05) is 28.6 Å². The van der Waals surface area contributed by atoms with E-state index in [1.165, 1.54) is 4.88 Å². The molecule has 2 rings (SSSR count). The SMILES string of the molecule is COc1cc(NCc2cc(Cl)cs2)ccc1Br. The van der Waals surface area contributed by atoms with E-state index in [2.05, 4.69) is 21.2 Å². The highest BCUT2D eigenvalue weighted by molar-refractivity contribution is 9.10. The van der Waals surface area contributed by atoms with Crippen LogP contribution in [0, 0.1) is 0 Å². The zero-order valence-corrected chi connectivity index (χ0v) is 12.3. The van der Waals surface area contributed by atoms with Crippen molar-refractivity contribution in [1.82, 2.24) is 0 Å². The van der Waals surface area contributed by atoms with Gasteiger partial charge in [-0.15, -0.1) is 11.3 Å². The molecular formula is C12H11BrClNOS. The smallest absolute Gasteiger partial charge is 0.135 e. The maximum Gasteiger partial charge on any atom is 0.135 e. The van der Waals surface area contributed by atoms with E-state index >= 15 is 0 Å². The van der Waals surface area contributed by atoms with Gasteiger partial charge < -0.3 is 10.1 Å². The Bertz CT molecular complexity index is 515. The van der Waals surface area contributed by atoms with Crippen molar-refractivity contribution in [3.8, 4) is 5.75 Å². The van der Waals surface area contributed by atoms with Crippen LogP contribution in [-0.2, 0) is 6.54 Å². The van der Waals surface area contributed by atoms with E-state index < -0.39 is 0 Å². The van der Waals surface area contributed by atoms with Crippen LogP contribution in [0.1, 0.15) is 4.88 Å². The first-order valence-corrected chi connectivity index (χ1v) is 7.04. The largest absolute Gasteiger partial charge is 0.495 e. The fourth-order valence-corrected chi connectivity index (χ4v) is 2.83. The standard InChI is InChI=1S/C12H11BrClNOS/c1-16-12-5-9(2-3-11(12)13)15-6-10-4-8(14)7-17-10/h2-5,7,15H,6H2,1H3. The Morgan fingerprint density at radius 3 is 2.88 bits per heavy atom. The van der Waals surface area contributed by atoms with Crippen LogP contribution in [0.2, 0.25) is 5.02 Å². The first-order chi connectivity index (χ1) is 8.19. The van der Waals surface area contributed by atoms with Crippen molar-refractivity contribution in [2.45, 2.75) is 6.54 Å². The highest BCUT2D eigenvalue weighted by Crippen LogP contribution is 2.28. The molecule has 0 atom stereocenters. The summed E-state index contributed by atoms with van der Waals surface area (Å²) in [7, 11) is 1.66. The monoisotopic (exact) mass is 331 g/mol. The summed E-state index contributed by atoms with van der Waals surface area (Å²) in [6.45, 7) is 0.766. The Labute approximate surface area is 118 Å². The van der Waals surface area contributed by atoms with Crippen LogP contribution >= 0.6 is 38.9 Å². The number of rotatable bonds is 4. The van der Waals surface area contributed by atoms with Crippen LogP contribution < -0.4 is 10.1 Å². The van der Waals surface area contributed by atoms with Crippen molar-refractivity contribution in [3.05, 3.63) is 44.0 Å². The number of anilines is 1. The first-order valence-electron chi connectivity index (χ1n) is 4.99. The summed E-state index contributed by atoms with van der Waals surface area (Å²) < 4.78 is 6.19. The zero-order chi connectivity index (χ0) is 12.3. The van der Waals surface area contributed by atoms with Crippen molar-refractivity contribution < 1.29 is 4.74 Å². The van der Waals surface area contributed by atoms with Crippen molar-refractivity contribution in [2.24, 2.45) is 0 Å². The molecule has 2 nitrogen and oxygen atoms in total. The molecule has 90 valence electrons. The minimum Gasteiger partial charge on any atom is -0.495 e. The molecule has 0 aliphatic rings. The maximum atomic E-state index is 5.87. The van der Waals surface area contributed by atoms with Crippen LogP contribution in [-0.4, -0.2) is 7.11 Å². The normalized spacial score (nSPS) is 10.3. The van der Waals surface area contributed by atoms with Gasteiger partial charge in [-0.25, -0.2) is 0 Å². The van der Waals surface area contributed by atoms with Crippen LogP contribution in [0.3, 0.4) is 0 Å². The molecule has 17 heavy (non-hydrogen) atoms. The van der Waals surface area contributed by atoms with Gasteiger partial charge in [-0.1, -0.05) is 11.6 Å². The van der Waals surface area contributed by atoms with Gasteiger partial charge >= 0.3 is 0 Å². The van der Waals surface area contributed by atoms with Gasteiger partial charge in [0.05, 0.1) is 16.6 Å². The Morgan fingerprint density at radius 2 is 2.24 bits per heavy atom. The fraction of sp³-hybridized carbons (Fsp3) is 0.167. The average molecular weight is 333 g/mol. The fourth-order valence-electron chi connectivity index (χ4n) is 1.41. The molecule has 0 fully saturated rings. The quantitative estimate of drug-likeness (QED) is 0.869. The second-order valence-electron chi connectivity index (χ2n) is 3.43. The minimum absolute atomic E-state index is 0.766. The summed E-state index contributed by atoms with van der Waals surface area (Å²) in [4.78, 5) is 1.21. The summed E-state index contributed by atoms with van der Waals surface area (Å²) in [6.07, 6.45) is 0. The molecule has 5 heteroatoms. The predicted octanol–water partition coefficient (Wildman–Crippen LogP) is 4.78. The number of benzene rings is 1. The van der Waals surface area contributed by atoms with Gasteiger partial charge in [-0.3, -0.25) is 0 Å². The van der Waals surface area contributed by atoms with E-state index in [1.54, 1.807) is 18.4 Å². The zero-order valence-electron chi connectivity index (χ0n) is 9.17. The van der Waals surface area contributed by atoms with Gasteiger partial charge in [0.15, 0.2) is 0 Å². The van der Waals surface area contributed by atoms with Crippen LogP contribution in [0.25, 0.3) is 0 Å². The molecule has 1 aromatic carbocycles. The Kier molecular flexibility index (Phi) is 4.31. The molecule has 0 unspecified atom stereocenters. The van der Waals surface area contributed by atoms with Gasteiger partial charge in [-0.2, -0.15) is 0 Å². The van der Waals surface area contributed by atoms with E-state index in [-0.39, 0.29) is 0 Å². The van der Waals surface area contributed by atoms with Crippen molar-refractivity contribution >= 4 is 44.6 Å². The van der Waals surface area contributed by atoms with Crippen LogP contribution in [0.4, 0.5) is 5.69 Å². The molecule has 1 N–H and O–H groups in total. The number of halogens is 2. The number of methoxy groups -OCH3 is 1. The number of thiophene rings is 1. The number of hydrogen-bond donors (Lipinski definition) is 1. The highest BCUT2D eigenvalue weighted by Gasteiger charge is 2.02. The summed E-state index contributed by atoms with van der Waals surface area (Å²) in [5, 5.41) is 6.05. The molecule has 0 aliphatic heterocycles. The maximum absolute atomic E-state index is 5.87. The van der Waals surface area contributed by atoms with E-state index in [0.717, 1.165) is 27.5 Å². The van der Waals surface area contributed by atoms with E-state index in [1.807, 2.05) is 29.6 Å². The molecular weight excluding hydrogens is 322 g/mol. The Morgan fingerprint density at radius 1 is 1.41 bits per heavy atom. The lowest BCUT2D eigenvalue weighted by molar-refractivity contribution is 0.412. The van der Waals surface area contributed by atoms with Crippen molar-refractivity contribution in [1.29, 1.82) is 0 Å². The molecule has 2 aromatic rings. The van der Waals surface area contributed by atoms with Gasteiger partial charge in [0.25, 0.3) is 0 Å². The topological polar surface area (TPSA) is 21.3 Å². The number of nitrogens with one attached hydrogen (secondary N) is 1. The van der Waals surface area contributed by atoms with Crippen molar-refractivity contribution in [2.75, 3.05) is 12.4 Å². The van der Waals surface area contributed by atoms with Crippen LogP contribution in [0.5, 0.6) is 5.75 Å². The third kappa shape index (κ3) is 3.37. The Balaban J connectivity index is 2.04. The van der Waals surface area contributed by atoms with E-state index in [0.29, 0.717) is 0 Å². The van der Waals surface area contributed by atoms with Crippen molar-refractivity contribution in [3.63, 3.8) is 0 Å². The summed E-state index contributed by atoms with van der Waals surface area (Å²) in [5.41, 5.74) is 1.02. The van der Waals surface area contributed by atoms with Gasteiger partial charge in [0.2, 0.25) is 0 Å². The van der Waals surface area contributed by atoms with E-state index in [9.17, 15) is 0 Å². The molecule has 0 saturated carbocycles. The predicted molar refractivity (Wildman–Crippen MR) is 77.3 cm³/mol. The summed E-state index contributed by atoms with van der Waals surface area (Å²) in [6, 6.07) is 7.89. The average Bonchev–Trinajstić information content (AvgIpc) is 2.74. The number of hydrogen-bond acceptors (Lipinski definition) is 3. The molecule has 0 saturated heterocycles. The minimum atomic E-state index is 0.766. The van der Waals surface area contributed by atoms with Gasteiger partial charge in [0.1, 0.15) is 5.75 Å². The molecule has 0 bridgehead atoms. The third-order valence-electron chi connectivity index (χ3n) is 2.24. The van der Waals surface area contributed by atoms with E-state index in [4.69, 9.17) is 16.3 Å².